The molecule has 0 saturated carbocycles. The van der Waals surface area contributed by atoms with Crippen LogP contribution in [-0.4, -0.2) is 91.4 Å². The molecule has 2 aromatic rings. The van der Waals surface area contributed by atoms with Gasteiger partial charge in [0.25, 0.3) is 5.92 Å². The second-order valence-electron chi connectivity index (χ2n) is 8.29. The van der Waals surface area contributed by atoms with Crippen LogP contribution in [-0.2, 0) is 9.53 Å². The number of ether oxygens (including phenoxy) is 1. The highest BCUT2D eigenvalue weighted by Crippen LogP contribution is 2.33. The van der Waals surface area contributed by atoms with Crippen molar-refractivity contribution in [3.63, 3.8) is 0 Å². The van der Waals surface area contributed by atoms with Crippen LogP contribution < -0.4 is 10.2 Å². The van der Waals surface area contributed by atoms with Gasteiger partial charge in [-0.25, -0.2) is 8.78 Å². The number of benzene rings is 1. The zero-order valence-corrected chi connectivity index (χ0v) is 18.3. The van der Waals surface area contributed by atoms with Crippen LogP contribution in [0.3, 0.4) is 0 Å². The van der Waals surface area contributed by atoms with E-state index in [0.717, 1.165) is 5.56 Å². The summed E-state index contributed by atoms with van der Waals surface area (Å²) in [6.45, 7) is 4.07. The first-order chi connectivity index (χ1) is 15.4. The number of nitrogens with zero attached hydrogens (tertiary/aromatic N) is 5. The Balaban J connectivity index is 1.55. The van der Waals surface area contributed by atoms with Crippen molar-refractivity contribution >= 4 is 28.8 Å². The van der Waals surface area contributed by atoms with Crippen LogP contribution in [0.25, 0.3) is 11.0 Å². The Bertz CT molecular complexity index is 996. The molecule has 2 aliphatic heterocycles. The molecule has 0 aliphatic carbocycles. The van der Waals surface area contributed by atoms with Gasteiger partial charge < -0.3 is 15.0 Å². The van der Waals surface area contributed by atoms with Crippen molar-refractivity contribution in [2.75, 3.05) is 51.3 Å². The summed E-state index contributed by atoms with van der Waals surface area (Å²) in [7, 11) is 1.66. The number of nitrogens with one attached hydrogen (secondary N) is 1. The number of anilines is 1. The number of carbonyl (C=O) groups is 1. The average Bonchev–Trinajstić information content (AvgIpc) is 2.78. The lowest BCUT2D eigenvalue weighted by Gasteiger charge is -2.40. The van der Waals surface area contributed by atoms with Gasteiger partial charge in [-0.1, -0.05) is 0 Å². The number of aliphatic imine (C=N–C) groups is 1. The highest BCUT2D eigenvalue weighted by Gasteiger charge is 2.42. The van der Waals surface area contributed by atoms with Gasteiger partial charge in [0.2, 0.25) is 5.91 Å². The summed E-state index contributed by atoms with van der Waals surface area (Å²) in [5.74, 6) is -3.19. The largest absolute Gasteiger partial charge is 0.379 e. The van der Waals surface area contributed by atoms with Gasteiger partial charge in [-0.05, 0) is 19.1 Å². The van der Waals surface area contributed by atoms with Crippen molar-refractivity contribution in [1.29, 1.82) is 0 Å². The van der Waals surface area contributed by atoms with E-state index >= 15 is 0 Å². The van der Waals surface area contributed by atoms with Crippen molar-refractivity contribution in [2.24, 2.45) is 4.99 Å². The first kappa shape index (κ1) is 22.5. The number of amides is 1. The molecule has 172 valence electrons. The summed E-state index contributed by atoms with van der Waals surface area (Å²) in [6.07, 6.45) is 4.39. The van der Waals surface area contributed by atoms with Crippen molar-refractivity contribution in [3.05, 3.63) is 30.1 Å². The average molecular weight is 447 g/mol. The van der Waals surface area contributed by atoms with Gasteiger partial charge in [0, 0.05) is 57.3 Å². The molecule has 0 bridgehead atoms. The molecule has 2 aliphatic rings. The Labute approximate surface area is 185 Å². The zero-order valence-electron chi connectivity index (χ0n) is 18.3. The Hall–Kier alpha value is -2.72. The van der Waals surface area contributed by atoms with E-state index in [1.807, 2.05) is 4.90 Å². The number of morpholine rings is 1. The van der Waals surface area contributed by atoms with E-state index in [2.05, 4.69) is 20.3 Å². The smallest absolute Gasteiger partial charge is 0.267 e. The number of hydrogen-bond acceptors (Lipinski definition) is 7. The van der Waals surface area contributed by atoms with E-state index in [4.69, 9.17) is 4.74 Å². The van der Waals surface area contributed by atoms with Crippen LogP contribution in [0.15, 0.2) is 29.5 Å². The number of piperidine rings is 1. The molecular formula is C22H28F2N6O2. The monoisotopic (exact) mass is 446 g/mol. The fourth-order valence-electron chi connectivity index (χ4n) is 4.39. The molecule has 3 heterocycles. The minimum atomic E-state index is -2.95. The topological polar surface area (TPSA) is 83.0 Å². The Morgan fingerprint density at radius 1 is 1.28 bits per heavy atom. The number of carbonyl (C=O) groups excluding carboxylic acids is 1. The van der Waals surface area contributed by atoms with Crippen LogP contribution in [0.4, 0.5) is 14.5 Å². The van der Waals surface area contributed by atoms with E-state index in [-0.39, 0.29) is 12.5 Å². The summed E-state index contributed by atoms with van der Waals surface area (Å²) in [5, 5.41) is 2.85. The van der Waals surface area contributed by atoms with Gasteiger partial charge in [0.1, 0.15) is 5.52 Å². The van der Waals surface area contributed by atoms with Crippen LogP contribution in [0, 0.1) is 0 Å². The molecule has 2 atom stereocenters. The first-order valence-electron chi connectivity index (χ1n) is 10.8. The van der Waals surface area contributed by atoms with Crippen molar-refractivity contribution < 1.29 is 18.3 Å². The highest BCUT2D eigenvalue weighted by molar-refractivity contribution is 6.01. The Kier molecular flexibility index (Phi) is 6.61. The molecule has 2 fully saturated rings. The Morgan fingerprint density at radius 2 is 2.00 bits per heavy atom. The van der Waals surface area contributed by atoms with Gasteiger partial charge in [-0.15, -0.1) is 0 Å². The van der Waals surface area contributed by atoms with E-state index in [1.165, 1.54) is 0 Å². The first-order valence-corrected chi connectivity index (χ1v) is 10.8. The molecule has 2 unspecified atom stereocenters. The highest BCUT2D eigenvalue weighted by atomic mass is 19.3. The predicted molar refractivity (Wildman–Crippen MR) is 119 cm³/mol. The molecule has 2 saturated heterocycles. The maximum Gasteiger partial charge on any atom is 0.267 e. The fourth-order valence-corrected chi connectivity index (χ4v) is 4.39. The van der Waals surface area contributed by atoms with Crippen LogP contribution in [0.2, 0.25) is 0 Å². The predicted octanol–water partition coefficient (Wildman–Crippen LogP) is 1.73. The second kappa shape index (κ2) is 9.41. The molecular weight excluding hydrogens is 418 g/mol. The van der Waals surface area contributed by atoms with Crippen LogP contribution in [0.5, 0.6) is 0 Å². The third-order valence-electron chi connectivity index (χ3n) is 5.97. The minimum absolute atomic E-state index is 0.242. The van der Waals surface area contributed by atoms with Crippen molar-refractivity contribution in [2.45, 2.75) is 31.4 Å². The fraction of sp³-hybridized carbons (Fsp3) is 0.545. The number of hydrogen-bond donors (Lipinski definition) is 1. The summed E-state index contributed by atoms with van der Waals surface area (Å²) in [5.41, 5.74) is 2.48. The summed E-state index contributed by atoms with van der Waals surface area (Å²) >= 11 is 0. The Morgan fingerprint density at radius 3 is 2.72 bits per heavy atom. The van der Waals surface area contributed by atoms with Gasteiger partial charge in [0.05, 0.1) is 43.0 Å². The lowest BCUT2D eigenvalue weighted by atomic mass is 10.00. The normalized spacial score (nSPS) is 22.9. The van der Waals surface area contributed by atoms with E-state index in [9.17, 15) is 13.6 Å². The van der Waals surface area contributed by atoms with Gasteiger partial charge in [-0.2, -0.15) is 0 Å². The second-order valence-corrected chi connectivity index (χ2v) is 8.29. The standard InChI is InChI=1S/C22H28F2N6O2/c1-15(29-7-9-32-10-8-29)21(31)28-17-11-22(23,24)14-30(13-17)18-4-3-16(12-25-2)19-20(18)27-6-5-26-19/h3-6,12,15,17H,7-11,13-14H2,1-2H3,(H,28,31)/b25-12-. The molecule has 0 radical (unpaired) electrons. The number of aromatic nitrogens is 2. The van der Waals surface area contributed by atoms with Crippen molar-refractivity contribution in [1.82, 2.24) is 20.2 Å². The molecule has 10 heteroatoms. The van der Waals surface area contributed by atoms with Gasteiger partial charge in [0.15, 0.2) is 0 Å². The minimum Gasteiger partial charge on any atom is -0.379 e. The van der Waals surface area contributed by atoms with E-state index < -0.39 is 31.0 Å². The number of halogens is 2. The molecule has 0 spiro atoms. The molecule has 1 aromatic heterocycles. The molecule has 1 N–H and O–H groups in total. The maximum atomic E-state index is 14.7. The number of rotatable bonds is 5. The lowest BCUT2D eigenvalue weighted by Crippen LogP contribution is -2.58. The quantitative estimate of drug-likeness (QED) is 0.705. The zero-order chi connectivity index (χ0) is 22.7. The van der Waals surface area contributed by atoms with Crippen molar-refractivity contribution in [3.8, 4) is 0 Å². The molecule has 1 amide bonds. The van der Waals surface area contributed by atoms with E-state index in [1.54, 1.807) is 49.6 Å². The van der Waals surface area contributed by atoms with Gasteiger partial charge >= 0.3 is 0 Å². The number of alkyl halides is 2. The molecule has 1 aromatic carbocycles. The van der Waals surface area contributed by atoms with Crippen LogP contribution in [0.1, 0.15) is 18.9 Å². The third kappa shape index (κ3) is 4.86. The molecule has 32 heavy (non-hydrogen) atoms. The third-order valence-corrected chi connectivity index (χ3v) is 5.97. The molecule has 4 rings (SSSR count). The van der Waals surface area contributed by atoms with Crippen LogP contribution >= 0.6 is 0 Å². The SMILES string of the molecule is C/N=C\c1ccc(N2CC(NC(=O)C(C)N3CCOCC3)CC(F)(F)C2)c2nccnc12. The number of fused-ring (bicyclic) bond motifs is 1. The maximum absolute atomic E-state index is 14.7. The summed E-state index contributed by atoms with van der Waals surface area (Å²) < 4.78 is 34.8. The summed E-state index contributed by atoms with van der Waals surface area (Å²) in [6, 6.07) is 2.49. The summed E-state index contributed by atoms with van der Waals surface area (Å²) in [4.78, 5) is 29.2. The van der Waals surface area contributed by atoms with Gasteiger partial charge in [-0.3, -0.25) is 24.7 Å². The lowest BCUT2D eigenvalue weighted by molar-refractivity contribution is -0.129. The van der Waals surface area contributed by atoms with E-state index in [0.29, 0.717) is 43.0 Å². The molecule has 8 nitrogen and oxygen atoms in total.